The van der Waals surface area contributed by atoms with Gasteiger partial charge in [-0.2, -0.15) is 0 Å². The van der Waals surface area contributed by atoms with Gasteiger partial charge in [0.2, 0.25) is 0 Å². The third kappa shape index (κ3) is 3.38. The van der Waals surface area contributed by atoms with Crippen LogP contribution in [0.2, 0.25) is 0 Å². The number of rotatable bonds is 7. The third-order valence-electron chi connectivity index (χ3n) is 8.32. The first-order valence-electron chi connectivity index (χ1n) is 10.8. The van der Waals surface area contributed by atoms with Gasteiger partial charge in [-0.05, 0) is 78.9 Å². The van der Waals surface area contributed by atoms with Gasteiger partial charge in [-0.1, -0.05) is 67.7 Å². The Balaban J connectivity index is 2.27. The second kappa shape index (κ2) is 7.49. The molecule has 0 heterocycles. The molecule has 0 aromatic heterocycles. The summed E-state index contributed by atoms with van der Waals surface area (Å²) >= 11 is 0. The van der Waals surface area contributed by atoms with Crippen molar-refractivity contribution >= 4 is 0 Å². The average molecular weight is 321 g/mol. The average Bonchev–Trinajstić information content (AvgIpc) is 2.83. The Bertz CT molecular complexity index is 362. The quantitative estimate of drug-likeness (QED) is 0.450. The summed E-state index contributed by atoms with van der Waals surface area (Å²) in [5.41, 5.74) is 1.24. The fraction of sp³-hybridized carbons (Fsp3) is 1.00. The van der Waals surface area contributed by atoms with Crippen molar-refractivity contribution in [1.29, 1.82) is 0 Å². The Labute approximate surface area is 147 Å². The highest BCUT2D eigenvalue weighted by Crippen LogP contribution is 2.64. The van der Waals surface area contributed by atoms with E-state index in [2.05, 4.69) is 48.5 Å². The predicted molar refractivity (Wildman–Crippen MR) is 104 cm³/mol. The molecule has 0 amide bonds. The zero-order chi connectivity index (χ0) is 17.3. The monoisotopic (exact) mass is 320 g/mol. The highest BCUT2D eigenvalue weighted by Gasteiger charge is 2.56. The maximum Gasteiger partial charge on any atom is -0.0264 e. The van der Waals surface area contributed by atoms with Crippen LogP contribution in [-0.4, -0.2) is 0 Å². The molecule has 2 fully saturated rings. The summed E-state index contributed by atoms with van der Waals surface area (Å²) in [5.74, 6) is 4.83. The fourth-order valence-electron chi connectivity index (χ4n) is 7.50. The minimum atomic E-state index is 0.599. The summed E-state index contributed by atoms with van der Waals surface area (Å²) in [6.45, 7) is 17.5. The Morgan fingerprint density at radius 3 is 2.09 bits per heavy atom. The van der Waals surface area contributed by atoms with E-state index in [9.17, 15) is 0 Å². The van der Waals surface area contributed by atoms with Crippen molar-refractivity contribution in [3.8, 4) is 0 Å². The van der Waals surface area contributed by atoms with E-state index in [0.717, 1.165) is 29.6 Å². The van der Waals surface area contributed by atoms with E-state index in [1.165, 1.54) is 57.8 Å². The molecule has 2 rings (SSSR count). The highest BCUT2D eigenvalue weighted by molar-refractivity contribution is 5.05. The predicted octanol–water partition coefficient (Wildman–Crippen LogP) is 7.72. The van der Waals surface area contributed by atoms with Gasteiger partial charge in [-0.25, -0.2) is 0 Å². The van der Waals surface area contributed by atoms with Gasteiger partial charge in [-0.15, -0.1) is 0 Å². The molecule has 0 heteroatoms. The topological polar surface area (TPSA) is 0 Å². The van der Waals surface area contributed by atoms with Gasteiger partial charge < -0.3 is 0 Å². The molecule has 0 saturated heterocycles. The van der Waals surface area contributed by atoms with Crippen LogP contribution in [0.15, 0.2) is 0 Å². The molecule has 0 aliphatic heterocycles. The summed E-state index contributed by atoms with van der Waals surface area (Å²) in [7, 11) is 0. The normalized spacial score (nSPS) is 38.1. The smallest absolute Gasteiger partial charge is 0.0264 e. The maximum atomic E-state index is 2.67. The molecular weight excluding hydrogens is 276 g/mol. The summed E-state index contributed by atoms with van der Waals surface area (Å²) in [5, 5.41) is 0. The van der Waals surface area contributed by atoms with Crippen molar-refractivity contribution in [3.05, 3.63) is 0 Å². The standard InChI is InChI=1S/C23H44/c1-8-14-22(6,15-9-2)20-13-16-23(7)19(17(4)5)11-12-21(23)18(20)10-3/h17-21H,8-16H2,1-7H3. The van der Waals surface area contributed by atoms with Crippen LogP contribution >= 0.6 is 0 Å². The lowest BCUT2D eigenvalue weighted by molar-refractivity contribution is -0.0538. The van der Waals surface area contributed by atoms with Gasteiger partial charge in [0.15, 0.2) is 0 Å². The minimum absolute atomic E-state index is 0.599. The number of fused-ring (bicyclic) bond motifs is 1. The fourth-order valence-corrected chi connectivity index (χ4v) is 7.50. The molecule has 0 nitrogen and oxygen atoms in total. The lowest BCUT2D eigenvalue weighted by atomic mass is 9.50. The van der Waals surface area contributed by atoms with Crippen molar-refractivity contribution in [3.63, 3.8) is 0 Å². The first-order chi connectivity index (χ1) is 10.8. The van der Waals surface area contributed by atoms with Crippen LogP contribution in [0.5, 0.6) is 0 Å². The van der Waals surface area contributed by atoms with Crippen molar-refractivity contribution in [2.24, 2.45) is 40.4 Å². The molecule has 0 radical (unpaired) electrons. The van der Waals surface area contributed by atoms with Crippen LogP contribution in [0.4, 0.5) is 0 Å². The molecule has 5 atom stereocenters. The lowest BCUT2D eigenvalue weighted by Gasteiger charge is -2.54. The first-order valence-corrected chi connectivity index (χ1v) is 10.8. The molecule has 2 aliphatic rings. The van der Waals surface area contributed by atoms with Gasteiger partial charge in [0.05, 0.1) is 0 Å². The van der Waals surface area contributed by atoms with Gasteiger partial charge in [-0.3, -0.25) is 0 Å². The van der Waals surface area contributed by atoms with Crippen LogP contribution in [0.3, 0.4) is 0 Å². The van der Waals surface area contributed by atoms with Crippen LogP contribution in [0, 0.1) is 40.4 Å². The van der Waals surface area contributed by atoms with Crippen LogP contribution in [-0.2, 0) is 0 Å². The van der Waals surface area contributed by atoms with E-state index in [-0.39, 0.29) is 0 Å². The first kappa shape index (κ1) is 19.3. The Hall–Kier alpha value is 0. The zero-order valence-electron chi connectivity index (χ0n) is 17.3. The molecule has 23 heavy (non-hydrogen) atoms. The van der Waals surface area contributed by atoms with Gasteiger partial charge in [0.25, 0.3) is 0 Å². The molecule has 0 spiro atoms. The minimum Gasteiger partial charge on any atom is -0.0654 e. The zero-order valence-corrected chi connectivity index (χ0v) is 17.3. The lowest BCUT2D eigenvalue weighted by Crippen LogP contribution is -2.47. The third-order valence-corrected chi connectivity index (χ3v) is 8.32. The van der Waals surface area contributed by atoms with Crippen molar-refractivity contribution < 1.29 is 0 Å². The summed E-state index contributed by atoms with van der Waals surface area (Å²) in [4.78, 5) is 0. The molecule has 0 N–H and O–H groups in total. The van der Waals surface area contributed by atoms with E-state index in [0.29, 0.717) is 10.8 Å². The summed E-state index contributed by atoms with van der Waals surface area (Å²) in [6.07, 6.45) is 13.1. The van der Waals surface area contributed by atoms with Crippen molar-refractivity contribution in [2.45, 2.75) is 106 Å². The van der Waals surface area contributed by atoms with Crippen LogP contribution < -0.4 is 0 Å². The maximum absolute atomic E-state index is 2.67. The SMILES string of the molecule is CCCC(C)(CCC)C1CCC2(C)C(C(C)C)CCC2C1CC. The second-order valence-corrected chi connectivity index (χ2v) is 9.91. The van der Waals surface area contributed by atoms with E-state index in [1.807, 2.05) is 0 Å². The van der Waals surface area contributed by atoms with E-state index in [4.69, 9.17) is 0 Å². The molecular formula is C23H44. The summed E-state index contributed by atoms with van der Waals surface area (Å²) < 4.78 is 0. The van der Waals surface area contributed by atoms with Crippen LogP contribution in [0.25, 0.3) is 0 Å². The Kier molecular flexibility index (Phi) is 6.29. The van der Waals surface area contributed by atoms with E-state index < -0.39 is 0 Å². The Morgan fingerprint density at radius 1 is 1.00 bits per heavy atom. The summed E-state index contributed by atoms with van der Waals surface area (Å²) in [6, 6.07) is 0. The second-order valence-electron chi connectivity index (χ2n) is 9.91. The van der Waals surface area contributed by atoms with E-state index >= 15 is 0 Å². The molecule has 136 valence electrons. The number of hydrogen-bond acceptors (Lipinski definition) is 0. The molecule has 0 bridgehead atoms. The van der Waals surface area contributed by atoms with Crippen LogP contribution in [0.1, 0.15) is 106 Å². The van der Waals surface area contributed by atoms with Crippen molar-refractivity contribution in [2.75, 3.05) is 0 Å². The number of hydrogen-bond donors (Lipinski definition) is 0. The van der Waals surface area contributed by atoms with Gasteiger partial charge >= 0.3 is 0 Å². The Morgan fingerprint density at radius 2 is 1.61 bits per heavy atom. The largest absolute Gasteiger partial charge is 0.0654 e. The highest BCUT2D eigenvalue weighted by atomic mass is 14.6. The van der Waals surface area contributed by atoms with Crippen molar-refractivity contribution in [1.82, 2.24) is 0 Å². The van der Waals surface area contributed by atoms with E-state index in [1.54, 1.807) is 0 Å². The molecule has 2 saturated carbocycles. The molecule has 0 aromatic carbocycles. The van der Waals surface area contributed by atoms with Gasteiger partial charge in [0.1, 0.15) is 0 Å². The molecule has 0 aromatic rings. The molecule has 2 aliphatic carbocycles. The van der Waals surface area contributed by atoms with Gasteiger partial charge in [0, 0.05) is 0 Å². The molecule has 5 unspecified atom stereocenters.